The third kappa shape index (κ3) is 5.16. The van der Waals surface area contributed by atoms with Crippen LogP contribution < -0.4 is 4.90 Å². The number of anilines is 3. The second-order valence-corrected chi connectivity index (χ2v) is 13.8. The van der Waals surface area contributed by atoms with E-state index in [4.69, 9.17) is 9.40 Å². The first-order valence-corrected chi connectivity index (χ1v) is 17.9. The maximum atomic E-state index is 6.61. The SMILES string of the molecule is c1ccc(-c2ccc(N(c3cccc(-c4cccc5ccccc45)c3)c3ccc4c(c3)oc3ccc5nc(-c6ccccc6)sc5c34)cc2)cc1. The van der Waals surface area contributed by atoms with Gasteiger partial charge in [-0.15, -0.1) is 11.3 Å². The van der Waals surface area contributed by atoms with Crippen molar-refractivity contribution in [2.75, 3.05) is 4.90 Å². The van der Waals surface area contributed by atoms with Gasteiger partial charge in [0.2, 0.25) is 0 Å². The van der Waals surface area contributed by atoms with E-state index in [1.807, 2.05) is 6.07 Å². The highest BCUT2D eigenvalue weighted by Crippen LogP contribution is 2.43. The van der Waals surface area contributed by atoms with Crippen molar-refractivity contribution in [3.63, 3.8) is 0 Å². The van der Waals surface area contributed by atoms with E-state index in [-0.39, 0.29) is 0 Å². The van der Waals surface area contributed by atoms with Crippen molar-refractivity contribution in [1.29, 1.82) is 0 Å². The minimum atomic E-state index is 0.848. The van der Waals surface area contributed by atoms with Crippen molar-refractivity contribution >= 4 is 71.3 Å². The van der Waals surface area contributed by atoms with Gasteiger partial charge in [-0.05, 0) is 81.6 Å². The molecule has 10 aromatic rings. The maximum absolute atomic E-state index is 6.61. The van der Waals surface area contributed by atoms with E-state index in [9.17, 15) is 0 Å². The number of benzene rings is 8. The van der Waals surface area contributed by atoms with Crippen LogP contribution >= 0.6 is 11.3 Å². The van der Waals surface area contributed by atoms with Gasteiger partial charge in [0.25, 0.3) is 0 Å². The Balaban J connectivity index is 1.13. The smallest absolute Gasteiger partial charge is 0.137 e. The molecule has 0 amide bonds. The van der Waals surface area contributed by atoms with Gasteiger partial charge in [-0.2, -0.15) is 0 Å². The van der Waals surface area contributed by atoms with Gasteiger partial charge in [-0.3, -0.25) is 0 Å². The van der Waals surface area contributed by atoms with Gasteiger partial charge >= 0.3 is 0 Å². The third-order valence-electron chi connectivity index (χ3n) is 9.69. The van der Waals surface area contributed by atoms with Crippen LogP contribution in [0.3, 0.4) is 0 Å². The molecule has 240 valence electrons. The standard InChI is InChI=1S/C47H30N2OS/c1-3-11-31(12-4-1)32-21-23-36(24-22-32)49(37-18-9-17-35(29-37)40-20-10-16-33-13-7-8-19-39(33)40)38-25-26-41-44(30-38)50-43-28-27-42-46(45(41)43)51-47(48-42)34-14-5-2-6-15-34/h1-30H. The summed E-state index contributed by atoms with van der Waals surface area (Å²) in [5.74, 6) is 0. The Morgan fingerprint density at radius 2 is 1.12 bits per heavy atom. The first-order valence-electron chi connectivity index (χ1n) is 17.1. The second-order valence-electron chi connectivity index (χ2n) is 12.8. The van der Waals surface area contributed by atoms with Gasteiger partial charge in [0.1, 0.15) is 16.2 Å². The molecule has 0 spiro atoms. The van der Waals surface area contributed by atoms with Crippen molar-refractivity contribution in [3.8, 4) is 32.8 Å². The number of thiazole rings is 1. The van der Waals surface area contributed by atoms with Crippen LogP contribution in [0.2, 0.25) is 0 Å². The summed E-state index contributed by atoms with van der Waals surface area (Å²) in [6, 6.07) is 64.4. The molecule has 3 nitrogen and oxygen atoms in total. The van der Waals surface area contributed by atoms with E-state index in [0.29, 0.717) is 0 Å². The van der Waals surface area contributed by atoms with Crippen LogP contribution in [0.15, 0.2) is 186 Å². The van der Waals surface area contributed by atoms with Crippen LogP contribution in [-0.2, 0) is 0 Å². The molecule has 2 aromatic heterocycles. The molecule has 8 aromatic carbocycles. The third-order valence-corrected chi connectivity index (χ3v) is 10.8. The molecule has 0 fully saturated rings. The Hall–Kier alpha value is -6.49. The van der Waals surface area contributed by atoms with E-state index in [0.717, 1.165) is 59.8 Å². The quantitative estimate of drug-likeness (QED) is 0.176. The zero-order chi connectivity index (χ0) is 33.7. The molecule has 0 atom stereocenters. The van der Waals surface area contributed by atoms with Crippen molar-refractivity contribution in [1.82, 2.24) is 4.98 Å². The Bertz CT molecular complexity index is 2850. The van der Waals surface area contributed by atoms with Crippen LogP contribution in [0.1, 0.15) is 0 Å². The molecule has 0 saturated heterocycles. The van der Waals surface area contributed by atoms with E-state index in [1.165, 1.54) is 33.0 Å². The number of rotatable bonds is 6. The van der Waals surface area contributed by atoms with Crippen LogP contribution in [0.25, 0.3) is 75.8 Å². The fraction of sp³-hybridized carbons (Fsp3) is 0. The van der Waals surface area contributed by atoms with Crippen molar-refractivity contribution in [2.24, 2.45) is 0 Å². The Morgan fingerprint density at radius 1 is 0.451 bits per heavy atom. The Labute approximate surface area is 299 Å². The van der Waals surface area contributed by atoms with Gasteiger partial charge in [-0.1, -0.05) is 127 Å². The minimum Gasteiger partial charge on any atom is -0.456 e. The summed E-state index contributed by atoms with van der Waals surface area (Å²) in [6.07, 6.45) is 0. The van der Waals surface area contributed by atoms with Crippen molar-refractivity contribution < 1.29 is 4.42 Å². The lowest BCUT2D eigenvalue weighted by atomic mass is 9.97. The molecular weight excluding hydrogens is 641 g/mol. The summed E-state index contributed by atoms with van der Waals surface area (Å²) in [5.41, 5.74) is 11.8. The molecule has 0 aliphatic rings. The lowest BCUT2D eigenvalue weighted by Gasteiger charge is -2.26. The summed E-state index contributed by atoms with van der Waals surface area (Å²) in [5, 5.41) is 5.69. The summed E-state index contributed by atoms with van der Waals surface area (Å²) in [7, 11) is 0. The number of aromatic nitrogens is 1. The molecule has 0 N–H and O–H groups in total. The molecule has 0 saturated carbocycles. The minimum absolute atomic E-state index is 0.848. The molecule has 0 aliphatic heterocycles. The lowest BCUT2D eigenvalue weighted by molar-refractivity contribution is 0.669. The number of fused-ring (bicyclic) bond motifs is 6. The first kappa shape index (κ1) is 29.4. The van der Waals surface area contributed by atoms with Crippen molar-refractivity contribution in [2.45, 2.75) is 0 Å². The second kappa shape index (κ2) is 12.1. The highest BCUT2D eigenvalue weighted by Gasteiger charge is 2.19. The van der Waals surface area contributed by atoms with Gasteiger partial charge < -0.3 is 9.32 Å². The molecular formula is C47H30N2OS. The largest absolute Gasteiger partial charge is 0.456 e. The predicted molar refractivity (Wildman–Crippen MR) is 215 cm³/mol. The first-order chi connectivity index (χ1) is 25.3. The molecule has 2 heterocycles. The molecule has 10 rings (SSSR count). The van der Waals surface area contributed by atoms with E-state index >= 15 is 0 Å². The molecule has 0 bridgehead atoms. The van der Waals surface area contributed by atoms with Gasteiger partial charge in [0, 0.05) is 39.5 Å². The average Bonchev–Trinajstić information content (AvgIpc) is 3.80. The monoisotopic (exact) mass is 670 g/mol. The highest BCUT2D eigenvalue weighted by atomic mass is 32.1. The van der Waals surface area contributed by atoms with Crippen LogP contribution in [0.5, 0.6) is 0 Å². The fourth-order valence-corrected chi connectivity index (χ4v) is 8.37. The zero-order valence-corrected chi connectivity index (χ0v) is 28.3. The average molecular weight is 671 g/mol. The number of furan rings is 1. The Morgan fingerprint density at radius 3 is 1.96 bits per heavy atom. The van der Waals surface area contributed by atoms with Crippen molar-refractivity contribution in [3.05, 3.63) is 182 Å². The van der Waals surface area contributed by atoms with Gasteiger partial charge in [0.05, 0.1) is 10.2 Å². The zero-order valence-electron chi connectivity index (χ0n) is 27.5. The van der Waals surface area contributed by atoms with Gasteiger partial charge in [-0.25, -0.2) is 4.98 Å². The van der Waals surface area contributed by atoms with Crippen LogP contribution in [0.4, 0.5) is 17.1 Å². The number of hydrogen-bond donors (Lipinski definition) is 0. The molecule has 0 aliphatic carbocycles. The summed E-state index contributed by atoms with van der Waals surface area (Å²) < 4.78 is 7.76. The molecule has 51 heavy (non-hydrogen) atoms. The van der Waals surface area contributed by atoms with E-state index < -0.39 is 0 Å². The topological polar surface area (TPSA) is 29.3 Å². The van der Waals surface area contributed by atoms with Crippen LogP contribution in [-0.4, -0.2) is 4.98 Å². The number of hydrogen-bond acceptors (Lipinski definition) is 4. The number of nitrogens with zero attached hydrogens (tertiary/aromatic N) is 2. The maximum Gasteiger partial charge on any atom is 0.137 e. The molecule has 0 unspecified atom stereocenters. The Kier molecular flexibility index (Phi) is 7.00. The summed E-state index contributed by atoms with van der Waals surface area (Å²) >= 11 is 1.72. The van der Waals surface area contributed by atoms with E-state index in [1.54, 1.807) is 11.3 Å². The predicted octanol–water partition coefficient (Wildman–Crippen LogP) is 13.8. The van der Waals surface area contributed by atoms with E-state index in [2.05, 4.69) is 181 Å². The summed E-state index contributed by atoms with van der Waals surface area (Å²) in [4.78, 5) is 7.32. The molecule has 0 radical (unpaired) electrons. The van der Waals surface area contributed by atoms with Gasteiger partial charge in [0.15, 0.2) is 0 Å². The fourth-order valence-electron chi connectivity index (χ4n) is 7.25. The lowest BCUT2D eigenvalue weighted by Crippen LogP contribution is -2.10. The van der Waals surface area contributed by atoms with Crippen LogP contribution in [0, 0.1) is 0 Å². The molecule has 4 heteroatoms. The summed E-state index contributed by atoms with van der Waals surface area (Å²) in [6.45, 7) is 0. The highest BCUT2D eigenvalue weighted by molar-refractivity contribution is 7.22. The normalized spacial score (nSPS) is 11.5.